The smallest absolute Gasteiger partial charge is 0.0483 e. The molecule has 0 aromatic heterocycles. The molecule has 0 aromatic carbocycles. The number of rotatable bonds is 0. The zero-order chi connectivity index (χ0) is 28.6. The Hall–Kier alpha value is 1.20. The molecule has 0 unspecified atom stereocenters. The van der Waals surface area contributed by atoms with Crippen LogP contribution in [-0.4, -0.2) is 101 Å². The minimum Gasteiger partial charge on any atom is -0.412 e. The van der Waals surface area contributed by atoms with Gasteiger partial charge in [-0.05, 0) is 111 Å². The van der Waals surface area contributed by atoms with Crippen LogP contribution in [-0.2, 0) is 47.9 Å². The summed E-state index contributed by atoms with van der Waals surface area (Å²) in [5, 5.41) is 64.4. The van der Waals surface area contributed by atoms with Crippen LogP contribution in [0.1, 0.15) is 111 Å². The Bertz CT molecular complexity index is 153. The summed E-state index contributed by atoms with van der Waals surface area (Å²) in [7, 11) is 0. The maximum absolute atomic E-state index is 8.06. The SMILES string of the molecule is CC(C)O.CC(C)O.CC(C)O.CC(C)O.CC(C)O.CC(C)O.CC(C)O.CC(C)O.O.O.[Ti].[Zr]. The molecule has 0 aliphatic rings. The predicted molar refractivity (Wildman–Crippen MR) is 146 cm³/mol. The van der Waals surface area contributed by atoms with E-state index < -0.39 is 0 Å². The second kappa shape index (κ2) is 70.6. The van der Waals surface area contributed by atoms with Crippen molar-refractivity contribution in [3.05, 3.63) is 0 Å². The summed E-state index contributed by atoms with van der Waals surface area (Å²) in [6.07, 6.45) is -1.33. The van der Waals surface area contributed by atoms with E-state index in [1.165, 1.54) is 0 Å². The van der Waals surface area contributed by atoms with Crippen molar-refractivity contribution < 1.29 is 99.7 Å². The predicted octanol–water partition coefficient (Wildman–Crippen LogP) is 1.44. The Balaban J connectivity index is -0.0000000180. The molecule has 0 radical (unpaired) electrons. The molecule has 0 aliphatic carbocycles. The molecule has 0 rings (SSSR count). The maximum Gasteiger partial charge on any atom is 0.0483 e. The van der Waals surface area contributed by atoms with Gasteiger partial charge in [-0.3, -0.25) is 0 Å². The zero-order valence-electron chi connectivity index (χ0n) is 26.2. The van der Waals surface area contributed by atoms with Crippen molar-refractivity contribution in [1.82, 2.24) is 0 Å². The topological polar surface area (TPSA) is 225 Å². The Morgan fingerprint density at radius 2 is 0.250 bits per heavy atom. The van der Waals surface area contributed by atoms with E-state index in [0.29, 0.717) is 0 Å². The molecule has 12 heteroatoms. The van der Waals surface area contributed by atoms with Crippen LogP contribution in [0.15, 0.2) is 0 Å². The van der Waals surface area contributed by atoms with E-state index in [-0.39, 0.29) is 108 Å². The first kappa shape index (κ1) is 76.8. The van der Waals surface area contributed by atoms with Gasteiger partial charge in [-0.1, -0.05) is 0 Å². The number of hydrogen-bond donors (Lipinski definition) is 8. The molecule has 0 spiro atoms. The van der Waals surface area contributed by atoms with Gasteiger partial charge in [0, 0.05) is 96.8 Å². The molecule has 36 heavy (non-hydrogen) atoms. The van der Waals surface area contributed by atoms with Crippen molar-refractivity contribution in [3.63, 3.8) is 0 Å². The first-order valence-electron chi connectivity index (χ1n) is 11.3. The first-order chi connectivity index (χ1) is 13.9. The summed E-state index contributed by atoms with van der Waals surface area (Å²) in [6, 6.07) is 0. The van der Waals surface area contributed by atoms with E-state index in [1.54, 1.807) is 111 Å². The molecule has 12 N–H and O–H groups in total. The molecule has 0 aliphatic heterocycles. The van der Waals surface area contributed by atoms with Gasteiger partial charge in [0.05, 0.1) is 0 Å². The van der Waals surface area contributed by atoms with E-state index >= 15 is 0 Å². The molecule has 0 bridgehead atoms. The number of aliphatic hydroxyl groups is 8. The summed E-state index contributed by atoms with van der Waals surface area (Å²) in [5.74, 6) is 0. The largest absolute Gasteiger partial charge is 0.412 e. The Labute approximate surface area is 258 Å². The molecule has 232 valence electrons. The normalized spacial score (nSPS) is 8.00. The number of hydrogen-bond acceptors (Lipinski definition) is 8. The molecule has 0 atom stereocenters. The van der Waals surface area contributed by atoms with Gasteiger partial charge in [0.2, 0.25) is 0 Å². The summed E-state index contributed by atoms with van der Waals surface area (Å²) >= 11 is 0. The molecule has 0 amide bonds. The van der Waals surface area contributed by atoms with Crippen LogP contribution >= 0.6 is 0 Å². The maximum atomic E-state index is 8.06. The third-order valence-corrected chi connectivity index (χ3v) is 0. The van der Waals surface area contributed by atoms with Crippen LogP contribution < -0.4 is 0 Å². The van der Waals surface area contributed by atoms with E-state index in [0.717, 1.165) is 0 Å². The zero-order valence-corrected chi connectivity index (χ0v) is 30.2. The molecule has 10 nitrogen and oxygen atoms in total. The van der Waals surface area contributed by atoms with Gasteiger partial charge in [-0.2, -0.15) is 0 Å². The van der Waals surface area contributed by atoms with Gasteiger partial charge in [0.15, 0.2) is 0 Å². The van der Waals surface area contributed by atoms with E-state index in [4.69, 9.17) is 40.9 Å². The van der Waals surface area contributed by atoms with Crippen LogP contribution in [0.5, 0.6) is 0 Å². The quantitative estimate of drug-likeness (QED) is 0.178. The van der Waals surface area contributed by atoms with Crippen molar-refractivity contribution in [3.8, 4) is 0 Å². The molecular formula is C24H68O10TiZr. The summed E-state index contributed by atoms with van der Waals surface area (Å²) < 4.78 is 0. The van der Waals surface area contributed by atoms with Crippen molar-refractivity contribution >= 4 is 0 Å². The molecule has 0 saturated carbocycles. The Kier molecular flexibility index (Phi) is 151. The van der Waals surface area contributed by atoms with Crippen LogP contribution in [0.4, 0.5) is 0 Å². The van der Waals surface area contributed by atoms with E-state index in [2.05, 4.69) is 0 Å². The first-order valence-corrected chi connectivity index (χ1v) is 11.3. The third kappa shape index (κ3) is 28700. The van der Waals surface area contributed by atoms with Crippen LogP contribution in [0.2, 0.25) is 0 Å². The number of aliphatic hydroxyl groups excluding tert-OH is 8. The van der Waals surface area contributed by atoms with Gasteiger partial charge in [-0.15, -0.1) is 0 Å². The summed E-state index contributed by atoms with van der Waals surface area (Å²) in [6.45, 7) is 27.6. The average Bonchev–Trinajstić information content (AvgIpc) is 2.30. The van der Waals surface area contributed by atoms with Gasteiger partial charge < -0.3 is 51.8 Å². The van der Waals surface area contributed by atoms with Crippen molar-refractivity contribution in [2.24, 2.45) is 0 Å². The van der Waals surface area contributed by atoms with Gasteiger partial charge >= 0.3 is 0 Å². The summed E-state index contributed by atoms with van der Waals surface area (Å²) in [5.41, 5.74) is 0. The van der Waals surface area contributed by atoms with Gasteiger partial charge in [0.1, 0.15) is 0 Å². The van der Waals surface area contributed by atoms with Crippen LogP contribution in [0.25, 0.3) is 0 Å². The Morgan fingerprint density at radius 1 is 0.250 bits per heavy atom. The average molecular weight is 656 g/mol. The van der Waals surface area contributed by atoms with E-state index in [9.17, 15) is 0 Å². The second-order valence-electron chi connectivity index (χ2n) is 8.75. The minimum atomic E-state index is -0.167. The standard InChI is InChI=1S/8C3H8O.2H2O.Ti.Zr/c8*1-3(2)4;;;;/h8*3-4H,1-2H3;2*1H2;;. The van der Waals surface area contributed by atoms with Crippen molar-refractivity contribution in [1.29, 1.82) is 0 Å². The van der Waals surface area contributed by atoms with Crippen LogP contribution in [0, 0.1) is 0 Å². The van der Waals surface area contributed by atoms with Gasteiger partial charge in [0.25, 0.3) is 0 Å². The molecular weight excluding hydrogens is 587 g/mol. The fourth-order valence-electron chi connectivity index (χ4n) is 0. The molecule has 0 saturated heterocycles. The molecule has 0 aromatic rings. The summed E-state index contributed by atoms with van der Waals surface area (Å²) in [4.78, 5) is 0. The molecule has 0 fully saturated rings. The third-order valence-electron chi connectivity index (χ3n) is 0. The monoisotopic (exact) mass is 654 g/mol. The Morgan fingerprint density at radius 3 is 0.250 bits per heavy atom. The van der Waals surface area contributed by atoms with Crippen molar-refractivity contribution in [2.45, 2.75) is 160 Å². The molecule has 0 heterocycles. The minimum absolute atomic E-state index is 0. The fraction of sp³-hybridized carbons (Fsp3) is 1.00. The van der Waals surface area contributed by atoms with Crippen molar-refractivity contribution in [2.75, 3.05) is 0 Å². The van der Waals surface area contributed by atoms with Gasteiger partial charge in [-0.25, -0.2) is 0 Å². The van der Waals surface area contributed by atoms with Crippen LogP contribution in [0.3, 0.4) is 0 Å². The second-order valence-corrected chi connectivity index (χ2v) is 8.75. The fourth-order valence-corrected chi connectivity index (χ4v) is 0. The van der Waals surface area contributed by atoms with E-state index in [1.807, 2.05) is 0 Å².